The second-order valence-corrected chi connectivity index (χ2v) is 4.85. The van der Waals surface area contributed by atoms with E-state index >= 15 is 0 Å². The summed E-state index contributed by atoms with van der Waals surface area (Å²) in [5, 5.41) is 29.1. The Morgan fingerprint density at radius 2 is 2.00 bits per heavy atom. The number of aliphatic hydroxyl groups excluding tert-OH is 1. The summed E-state index contributed by atoms with van der Waals surface area (Å²) in [4.78, 5) is 16.3. The molecule has 122 valence electrons. The van der Waals surface area contributed by atoms with Crippen LogP contribution in [0.2, 0.25) is 0 Å². The molecule has 0 aromatic rings. The molecular weight excluding hydrogens is 295 g/mol. The predicted octanol–water partition coefficient (Wildman–Crippen LogP) is -2.00. The van der Waals surface area contributed by atoms with Gasteiger partial charge in [0.15, 0.2) is 0 Å². The number of allylic oxidation sites excluding steroid dienone is 1. The second kappa shape index (κ2) is 17.0. The Bertz CT molecular complexity index is 336. The maximum Gasteiger partial charge on any atom is 1.00 e. The van der Waals surface area contributed by atoms with Crippen LogP contribution in [-0.2, 0) is 4.79 Å². The number of rotatable bonds is 13. The van der Waals surface area contributed by atoms with Crippen LogP contribution in [0.15, 0.2) is 17.1 Å². The first-order valence-electron chi connectivity index (χ1n) is 7.50. The molecule has 7 heteroatoms. The van der Waals surface area contributed by atoms with Crippen LogP contribution < -0.4 is 34.7 Å². The molecule has 0 unspecified atom stereocenters. The van der Waals surface area contributed by atoms with Crippen molar-refractivity contribution in [2.75, 3.05) is 26.4 Å². The second-order valence-electron chi connectivity index (χ2n) is 4.85. The zero-order valence-corrected chi connectivity index (χ0v) is 15.8. The smallest absolute Gasteiger partial charge is 0.862 e. The van der Waals surface area contributed by atoms with E-state index in [4.69, 9.17) is 10.2 Å². The van der Waals surface area contributed by atoms with Gasteiger partial charge >= 0.3 is 35.5 Å². The van der Waals surface area contributed by atoms with E-state index in [0.717, 1.165) is 19.3 Å². The normalized spacial score (nSPS) is 11.9. The molecule has 0 amide bonds. The van der Waals surface area contributed by atoms with Gasteiger partial charge in [-0.2, -0.15) is 0 Å². The summed E-state index contributed by atoms with van der Waals surface area (Å²) in [6.07, 6.45) is 7.88. The summed E-state index contributed by atoms with van der Waals surface area (Å²) in [7, 11) is 0. The van der Waals surface area contributed by atoms with E-state index in [1.807, 2.05) is 12.2 Å². The molecule has 0 saturated heterocycles. The number of hydrogen-bond acceptors (Lipinski definition) is 5. The Labute approximate surface area is 155 Å². The molecule has 6 nitrogen and oxygen atoms in total. The minimum Gasteiger partial charge on any atom is -0.862 e. The monoisotopic (exact) mass is 322 g/mol. The van der Waals surface area contributed by atoms with Crippen LogP contribution >= 0.6 is 0 Å². The SMILES string of the molecule is CCCC/C=C/CC([O-])=NCN(CCCO)CCC(=O)O.[Na+]. The quantitative estimate of drug-likeness (QED) is 0.134. The first-order chi connectivity index (χ1) is 10.1. The number of carboxylic acids is 1. The molecule has 0 aliphatic heterocycles. The minimum atomic E-state index is -0.880. The van der Waals surface area contributed by atoms with Gasteiger partial charge in [-0.05, 0) is 25.2 Å². The maximum absolute atomic E-state index is 11.6. The van der Waals surface area contributed by atoms with Gasteiger partial charge in [0.05, 0.1) is 13.1 Å². The number of unbranched alkanes of at least 4 members (excludes halogenated alkanes) is 2. The van der Waals surface area contributed by atoms with Gasteiger partial charge in [0.25, 0.3) is 0 Å². The van der Waals surface area contributed by atoms with E-state index in [2.05, 4.69) is 11.9 Å². The first kappa shape index (κ1) is 23.9. The Morgan fingerprint density at radius 1 is 1.27 bits per heavy atom. The van der Waals surface area contributed by atoms with Crippen molar-refractivity contribution in [1.29, 1.82) is 0 Å². The maximum atomic E-state index is 11.6. The molecule has 0 fully saturated rings. The summed E-state index contributed by atoms with van der Waals surface area (Å²) in [5.74, 6) is -1.08. The number of aliphatic hydroxyl groups is 1. The summed E-state index contributed by atoms with van der Waals surface area (Å²) < 4.78 is 0. The zero-order valence-electron chi connectivity index (χ0n) is 13.8. The minimum absolute atomic E-state index is 0. The fourth-order valence-electron chi connectivity index (χ4n) is 1.67. The van der Waals surface area contributed by atoms with E-state index in [1.54, 1.807) is 4.90 Å². The Balaban J connectivity index is 0. The van der Waals surface area contributed by atoms with E-state index in [0.29, 0.717) is 19.5 Å². The molecule has 0 heterocycles. The van der Waals surface area contributed by atoms with Gasteiger partial charge in [0.1, 0.15) is 0 Å². The van der Waals surface area contributed by atoms with Crippen molar-refractivity contribution >= 4 is 11.9 Å². The Morgan fingerprint density at radius 3 is 2.59 bits per heavy atom. The molecule has 22 heavy (non-hydrogen) atoms. The first-order valence-corrected chi connectivity index (χ1v) is 7.50. The number of carboxylic acid groups (broad SMARTS) is 1. The van der Waals surface area contributed by atoms with Crippen LogP contribution in [-0.4, -0.2) is 53.3 Å². The number of aliphatic carboxylic acids is 1. The standard InChI is InChI=1S/C15H28N2O4.Na/c1-2-3-4-5-6-8-14(19)16-13-17(10-7-12-18)11-9-15(20)21;/h5-6,18H,2-4,7-13H2,1H3,(H,16,19)(H,20,21);/q;+1/p-1/b6-5+;. The number of nitrogens with zero attached hydrogens (tertiary/aromatic N) is 2. The van der Waals surface area contributed by atoms with Crippen molar-refractivity contribution in [1.82, 2.24) is 4.90 Å². The van der Waals surface area contributed by atoms with Gasteiger partial charge < -0.3 is 15.3 Å². The van der Waals surface area contributed by atoms with E-state index in [1.165, 1.54) is 0 Å². The average molecular weight is 322 g/mol. The van der Waals surface area contributed by atoms with Crippen molar-refractivity contribution < 1.29 is 49.7 Å². The number of hydrogen-bond donors (Lipinski definition) is 2. The third-order valence-electron chi connectivity index (χ3n) is 2.90. The molecule has 0 aromatic heterocycles. The summed E-state index contributed by atoms with van der Waals surface area (Å²) in [5.41, 5.74) is 0. The van der Waals surface area contributed by atoms with Crippen LogP contribution in [0.25, 0.3) is 0 Å². The predicted molar refractivity (Wildman–Crippen MR) is 81.1 cm³/mol. The summed E-state index contributed by atoms with van der Waals surface area (Å²) >= 11 is 0. The molecular formula is C15H27N2NaO4. The van der Waals surface area contributed by atoms with Crippen molar-refractivity contribution in [3.05, 3.63) is 12.2 Å². The van der Waals surface area contributed by atoms with Gasteiger partial charge in [0, 0.05) is 19.7 Å². The fourth-order valence-corrected chi connectivity index (χ4v) is 1.67. The molecule has 0 aliphatic carbocycles. The zero-order chi connectivity index (χ0) is 15.9. The topological polar surface area (TPSA) is 96.2 Å². The summed E-state index contributed by atoms with van der Waals surface area (Å²) in [6, 6.07) is 0. The third-order valence-corrected chi connectivity index (χ3v) is 2.90. The van der Waals surface area contributed by atoms with E-state index in [9.17, 15) is 9.90 Å². The van der Waals surface area contributed by atoms with Gasteiger partial charge in [-0.15, -0.1) is 0 Å². The largest absolute Gasteiger partial charge is 1.00 e. The molecule has 0 saturated carbocycles. The van der Waals surface area contributed by atoms with Gasteiger partial charge in [0.2, 0.25) is 0 Å². The van der Waals surface area contributed by atoms with E-state index in [-0.39, 0.29) is 61.6 Å². The van der Waals surface area contributed by atoms with Crippen molar-refractivity contribution in [3.8, 4) is 0 Å². The Kier molecular flexibility index (Phi) is 18.4. The molecule has 0 bridgehead atoms. The molecule has 0 radical (unpaired) electrons. The van der Waals surface area contributed by atoms with Crippen LogP contribution in [0.1, 0.15) is 45.4 Å². The summed E-state index contributed by atoms with van der Waals surface area (Å²) in [6.45, 7) is 3.21. The number of carbonyl (C=O) groups is 1. The van der Waals surface area contributed by atoms with Crippen molar-refractivity contribution in [2.45, 2.75) is 45.4 Å². The molecule has 0 aromatic carbocycles. The Hall–Kier alpha value is -0.400. The molecule has 0 aliphatic rings. The van der Waals surface area contributed by atoms with Crippen LogP contribution in [0.5, 0.6) is 0 Å². The number of aliphatic imine (C=N–C) groups is 1. The average Bonchev–Trinajstić information content (AvgIpc) is 2.46. The van der Waals surface area contributed by atoms with Crippen molar-refractivity contribution in [3.63, 3.8) is 0 Å². The van der Waals surface area contributed by atoms with Gasteiger partial charge in [-0.25, -0.2) is 0 Å². The fraction of sp³-hybridized carbons (Fsp3) is 0.733. The van der Waals surface area contributed by atoms with Crippen LogP contribution in [0.3, 0.4) is 0 Å². The third kappa shape index (κ3) is 16.0. The van der Waals surface area contributed by atoms with Crippen molar-refractivity contribution in [2.24, 2.45) is 4.99 Å². The molecule has 0 rings (SSSR count). The molecule has 0 spiro atoms. The van der Waals surface area contributed by atoms with Gasteiger partial charge in [-0.1, -0.05) is 31.9 Å². The molecule has 0 atom stereocenters. The van der Waals surface area contributed by atoms with Gasteiger partial charge in [-0.3, -0.25) is 14.7 Å². The van der Waals surface area contributed by atoms with Crippen LogP contribution in [0, 0.1) is 0 Å². The van der Waals surface area contributed by atoms with Crippen LogP contribution in [0.4, 0.5) is 0 Å². The molecule has 2 N–H and O–H groups in total. The van der Waals surface area contributed by atoms with E-state index < -0.39 is 5.97 Å².